The van der Waals surface area contributed by atoms with Crippen molar-refractivity contribution in [1.29, 1.82) is 0 Å². The molecule has 2 N–H and O–H groups in total. The monoisotopic (exact) mass is 362 g/mol. The van der Waals surface area contributed by atoms with Crippen LogP contribution in [0, 0.1) is 3.57 Å². The van der Waals surface area contributed by atoms with Gasteiger partial charge in [-0.3, -0.25) is 4.98 Å². The number of hydrogen-bond donors (Lipinski definition) is 1. The first-order valence-electron chi connectivity index (χ1n) is 5.81. The van der Waals surface area contributed by atoms with Gasteiger partial charge in [-0.1, -0.05) is 6.07 Å². The Kier molecular flexibility index (Phi) is 3.25. The summed E-state index contributed by atoms with van der Waals surface area (Å²) < 4.78 is 6.96. The van der Waals surface area contributed by atoms with Crippen molar-refractivity contribution in [3.8, 4) is 11.5 Å². The Labute approximate surface area is 124 Å². The fraction of sp³-hybridized carbons (Fsp3) is 0. The van der Waals surface area contributed by atoms with E-state index in [1.54, 1.807) is 6.20 Å². The van der Waals surface area contributed by atoms with Crippen molar-refractivity contribution >= 4 is 39.2 Å². The summed E-state index contributed by atoms with van der Waals surface area (Å²) in [6.07, 6.45) is 1.75. The average molecular weight is 362 g/mol. The smallest absolute Gasteiger partial charge is 0.151 e. The number of anilines is 1. The molecule has 0 saturated carbocycles. The molecule has 0 atom stereocenters. The van der Waals surface area contributed by atoms with E-state index in [1.165, 1.54) is 0 Å². The highest BCUT2D eigenvalue weighted by atomic mass is 127. The number of rotatable bonds is 2. The molecule has 2 aromatic carbocycles. The third-order valence-corrected chi connectivity index (χ3v) is 3.48. The molecule has 94 valence electrons. The third kappa shape index (κ3) is 2.49. The number of nitrogens with zero attached hydrogens (tertiary/aromatic N) is 1. The SMILES string of the molecule is Nc1c(Oc2cccc(I)c2)ccc2ncccc12. The molecule has 1 aromatic heterocycles. The summed E-state index contributed by atoms with van der Waals surface area (Å²) in [5.41, 5.74) is 7.62. The van der Waals surface area contributed by atoms with E-state index in [0.29, 0.717) is 11.4 Å². The number of benzene rings is 2. The normalized spacial score (nSPS) is 10.6. The van der Waals surface area contributed by atoms with Gasteiger partial charge in [0.05, 0.1) is 11.2 Å². The van der Waals surface area contributed by atoms with Crippen LogP contribution in [0.5, 0.6) is 11.5 Å². The van der Waals surface area contributed by atoms with Crippen LogP contribution in [0.15, 0.2) is 54.7 Å². The Morgan fingerprint density at radius 3 is 2.79 bits per heavy atom. The topological polar surface area (TPSA) is 48.1 Å². The molecule has 3 nitrogen and oxygen atoms in total. The first kappa shape index (κ1) is 12.2. The van der Waals surface area contributed by atoms with Gasteiger partial charge >= 0.3 is 0 Å². The second kappa shape index (κ2) is 5.05. The van der Waals surface area contributed by atoms with Crippen LogP contribution in [0.1, 0.15) is 0 Å². The van der Waals surface area contributed by atoms with Gasteiger partial charge in [0, 0.05) is 15.2 Å². The molecule has 4 heteroatoms. The van der Waals surface area contributed by atoms with Crippen LogP contribution >= 0.6 is 22.6 Å². The van der Waals surface area contributed by atoms with Crippen molar-refractivity contribution < 1.29 is 4.74 Å². The maximum Gasteiger partial charge on any atom is 0.151 e. The van der Waals surface area contributed by atoms with E-state index in [9.17, 15) is 0 Å². The molecule has 0 spiro atoms. The van der Waals surface area contributed by atoms with E-state index in [4.69, 9.17) is 10.5 Å². The summed E-state index contributed by atoms with van der Waals surface area (Å²) >= 11 is 2.25. The van der Waals surface area contributed by atoms with Crippen LogP contribution in [0.3, 0.4) is 0 Å². The van der Waals surface area contributed by atoms with Gasteiger partial charge in [0.25, 0.3) is 0 Å². The lowest BCUT2D eigenvalue weighted by atomic mass is 10.1. The lowest BCUT2D eigenvalue weighted by Gasteiger charge is -2.10. The number of aromatic nitrogens is 1. The minimum atomic E-state index is 0.615. The number of fused-ring (bicyclic) bond motifs is 1. The molecule has 0 aliphatic rings. The molecule has 0 unspecified atom stereocenters. The summed E-state index contributed by atoms with van der Waals surface area (Å²) in [5, 5.41) is 0.908. The summed E-state index contributed by atoms with van der Waals surface area (Å²) in [5.74, 6) is 1.43. The number of nitrogen functional groups attached to an aromatic ring is 1. The minimum Gasteiger partial charge on any atom is -0.455 e. The van der Waals surface area contributed by atoms with E-state index in [0.717, 1.165) is 20.2 Å². The van der Waals surface area contributed by atoms with E-state index >= 15 is 0 Å². The second-order valence-corrected chi connectivity index (χ2v) is 5.35. The van der Waals surface area contributed by atoms with Crippen LogP contribution in [0.2, 0.25) is 0 Å². The van der Waals surface area contributed by atoms with Crippen LogP contribution in [-0.2, 0) is 0 Å². The molecule has 0 fully saturated rings. The number of ether oxygens (including phenoxy) is 1. The van der Waals surface area contributed by atoms with Gasteiger partial charge < -0.3 is 10.5 Å². The Hall–Kier alpha value is -1.82. The van der Waals surface area contributed by atoms with E-state index in [1.807, 2.05) is 48.5 Å². The summed E-state index contributed by atoms with van der Waals surface area (Å²) in [4.78, 5) is 4.27. The summed E-state index contributed by atoms with van der Waals surface area (Å²) in [7, 11) is 0. The molecule has 0 saturated heterocycles. The minimum absolute atomic E-state index is 0.615. The molecular formula is C15H11IN2O. The van der Waals surface area contributed by atoms with E-state index in [-0.39, 0.29) is 0 Å². The molecule has 0 aliphatic carbocycles. The molecule has 1 heterocycles. The zero-order valence-electron chi connectivity index (χ0n) is 10.0. The first-order valence-corrected chi connectivity index (χ1v) is 6.88. The largest absolute Gasteiger partial charge is 0.455 e. The summed E-state index contributed by atoms with van der Waals surface area (Å²) in [6.45, 7) is 0. The molecule has 0 bridgehead atoms. The van der Waals surface area contributed by atoms with Crippen LogP contribution in [0.4, 0.5) is 5.69 Å². The van der Waals surface area contributed by atoms with E-state index < -0.39 is 0 Å². The zero-order chi connectivity index (χ0) is 13.2. The van der Waals surface area contributed by atoms with Crippen LogP contribution in [0.25, 0.3) is 10.9 Å². The molecule has 0 aliphatic heterocycles. The Morgan fingerprint density at radius 2 is 1.95 bits per heavy atom. The quantitative estimate of drug-likeness (QED) is 0.549. The van der Waals surface area contributed by atoms with Crippen molar-refractivity contribution in [1.82, 2.24) is 4.98 Å². The standard InChI is InChI=1S/C15H11IN2O/c16-10-3-1-4-11(9-10)19-14-7-6-13-12(15(14)17)5-2-8-18-13/h1-9H,17H2. The number of halogens is 1. The zero-order valence-corrected chi connectivity index (χ0v) is 12.2. The molecule has 0 amide bonds. The molecular weight excluding hydrogens is 351 g/mol. The maximum atomic E-state index is 6.14. The summed E-state index contributed by atoms with van der Waals surface area (Å²) in [6, 6.07) is 15.4. The van der Waals surface area contributed by atoms with Crippen molar-refractivity contribution in [2.24, 2.45) is 0 Å². The van der Waals surface area contributed by atoms with Gasteiger partial charge in [0.15, 0.2) is 5.75 Å². The highest BCUT2D eigenvalue weighted by Crippen LogP contribution is 2.33. The highest BCUT2D eigenvalue weighted by molar-refractivity contribution is 14.1. The third-order valence-electron chi connectivity index (χ3n) is 2.81. The Morgan fingerprint density at radius 1 is 1.05 bits per heavy atom. The van der Waals surface area contributed by atoms with Gasteiger partial charge in [0.1, 0.15) is 5.75 Å². The lowest BCUT2D eigenvalue weighted by Crippen LogP contribution is -1.94. The highest BCUT2D eigenvalue weighted by Gasteiger charge is 2.07. The Bertz CT molecular complexity index is 743. The van der Waals surface area contributed by atoms with Crippen molar-refractivity contribution in [2.45, 2.75) is 0 Å². The Balaban J connectivity index is 2.04. The van der Waals surface area contributed by atoms with Crippen molar-refractivity contribution in [3.63, 3.8) is 0 Å². The van der Waals surface area contributed by atoms with Crippen LogP contribution in [-0.4, -0.2) is 4.98 Å². The molecule has 19 heavy (non-hydrogen) atoms. The lowest BCUT2D eigenvalue weighted by molar-refractivity contribution is 0.485. The van der Waals surface area contributed by atoms with Crippen molar-refractivity contribution in [3.05, 3.63) is 58.3 Å². The second-order valence-electron chi connectivity index (χ2n) is 4.11. The molecule has 3 rings (SSSR count). The van der Waals surface area contributed by atoms with Gasteiger partial charge in [-0.25, -0.2) is 0 Å². The molecule has 3 aromatic rings. The van der Waals surface area contributed by atoms with E-state index in [2.05, 4.69) is 27.6 Å². The van der Waals surface area contributed by atoms with Gasteiger partial charge in [0.2, 0.25) is 0 Å². The van der Waals surface area contributed by atoms with Gasteiger partial charge in [-0.2, -0.15) is 0 Å². The molecule has 0 radical (unpaired) electrons. The fourth-order valence-corrected chi connectivity index (χ4v) is 2.42. The number of nitrogens with two attached hydrogens (primary N) is 1. The van der Waals surface area contributed by atoms with Gasteiger partial charge in [-0.05, 0) is 65.1 Å². The number of pyridine rings is 1. The fourth-order valence-electron chi connectivity index (χ4n) is 1.90. The maximum absolute atomic E-state index is 6.14. The number of hydrogen-bond acceptors (Lipinski definition) is 3. The van der Waals surface area contributed by atoms with Gasteiger partial charge in [-0.15, -0.1) is 0 Å². The predicted octanol–water partition coefficient (Wildman–Crippen LogP) is 4.21. The predicted molar refractivity (Wildman–Crippen MR) is 85.4 cm³/mol. The van der Waals surface area contributed by atoms with Crippen molar-refractivity contribution in [2.75, 3.05) is 5.73 Å². The average Bonchev–Trinajstić information content (AvgIpc) is 2.42. The first-order chi connectivity index (χ1) is 9.24. The van der Waals surface area contributed by atoms with Crippen LogP contribution < -0.4 is 10.5 Å².